The molecule has 5 nitrogen and oxygen atoms in total. The van der Waals surface area contributed by atoms with E-state index in [9.17, 15) is 4.79 Å². The fourth-order valence-electron chi connectivity index (χ4n) is 1.56. The van der Waals surface area contributed by atoms with Crippen LogP contribution in [0.1, 0.15) is 10.4 Å². The Morgan fingerprint density at radius 2 is 2.17 bits per heavy atom. The summed E-state index contributed by atoms with van der Waals surface area (Å²) in [5.41, 5.74) is 1.22. The Bertz CT molecular complexity index is 548. The van der Waals surface area contributed by atoms with Crippen LogP contribution in [0.4, 0.5) is 5.69 Å². The van der Waals surface area contributed by atoms with Crippen LogP contribution in [0.25, 0.3) is 0 Å². The molecule has 6 heteroatoms. The third-order valence-corrected chi connectivity index (χ3v) is 3.31. The molecule has 1 amide bonds. The van der Waals surface area contributed by atoms with Crippen LogP contribution in [-0.2, 0) is 0 Å². The topological polar surface area (TPSA) is 85.2 Å². The van der Waals surface area contributed by atoms with Crippen LogP contribution in [0.2, 0.25) is 0 Å². The molecule has 0 aromatic heterocycles. The minimum absolute atomic E-state index is 0.0202. The van der Waals surface area contributed by atoms with Gasteiger partial charge < -0.3 is 15.7 Å². The van der Waals surface area contributed by atoms with E-state index in [-0.39, 0.29) is 12.5 Å². The van der Waals surface area contributed by atoms with Crippen molar-refractivity contribution in [2.75, 3.05) is 17.7 Å². The summed E-state index contributed by atoms with van der Waals surface area (Å²) in [7, 11) is 0. The summed E-state index contributed by atoms with van der Waals surface area (Å²) in [4.78, 5) is 12.2. The lowest BCUT2D eigenvalue weighted by Crippen LogP contribution is -2.33. The molecular weight excluding hydrogens is 250 g/mol. The van der Waals surface area contributed by atoms with Crippen molar-refractivity contribution in [1.82, 2.24) is 5.32 Å². The molecule has 0 aliphatic carbocycles. The lowest BCUT2D eigenvalue weighted by Gasteiger charge is -2.21. The molecule has 0 fully saturated rings. The Hall–Kier alpha value is -1.97. The van der Waals surface area contributed by atoms with Gasteiger partial charge in [0.15, 0.2) is 0 Å². The first kappa shape index (κ1) is 12.5. The van der Waals surface area contributed by atoms with Crippen LogP contribution in [0, 0.1) is 11.3 Å². The second kappa shape index (κ2) is 5.58. The number of aliphatic hydroxyl groups is 1. The Balaban J connectivity index is 2.32. The average Bonchev–Trinajstić information content (AvgIpc) is 2.40. The van der Waals surface area contributed by atoms with E-state index in [0.29, 0.717) is 27.7 Å². The van der Waals surface area contributed by atoms with Gasteiger partial charge in [-0.1, -0.05) is 12.1 Å². The number of rotatable bonds is 3. The lowest BCUT2D eigenvalue weighted by molar-refractivity contribution is 0.0964. The molecule has 1 aliphatic heterocycles. The van der Waals surface area contributed by atoms with Gasteiger partial charge in [0, 0.05) is 5.75 Å². The number of carbonyl (C=O) groups excluding carboxylic acids is 1. The highest BCUT2D eigenvalue weighted by Crippen LogP contribution is 2.25. The maximum absolute atomic E-state index is 11.8. The fourth-order valence-corrected chi connectivity index (χ4v) is 2.16. The monoisotopic (exact) mass is 261 g/mol. The van der Waals surface area contributed by atoms with Crippen molar-refractivity contribution in [3.05, 3.63) is 40.6 Å². The summed E-state index contributed by atoms with van der Waals surface area (Å²) in [5.74, 6) is 0.544. The minimum atomic E-state index is -0.239. The van der Waals surface area contributed by atoms with Crippen molar-refractivity contribution >= 4 is 23.4 Å². The predicted octanol–water partition coefficient (Wildman–Crippen LogP) is 1.26. The van der Waals surface area contributed by atoms with Gasteiger partial charge >= 0.3 is 0 Å². The number of allylic oxidation sites excluding steroid dienone is 1. The number of benzene rings is 1. The standard InChI is InChI=1S/C12H11N3O2S/c13-7-10(18-6-5-16)11-14-9-4-2-1-3-8(9)12(17)15-11/h1-4,14,16H,5-6H2,(H,15,17)/b11-10-. The first-order chi connectivity index (χ1) is 8.76. The van der Waals surface area contributed by atoms with Gasteiger partial charge in [0.25, 0.3) is 5.91 Å². The molecule has 1 aromatic carbocycles. The Morgan fingerprint density at radius 1 is 1.39 bits per heavy atom. The molecule has 3 N–H and O–H groups in total. The minimum Gasteiger partial charge on any atom is -0.396 e. The number of nitriles is 1. The van der Waals surface area contributed by atoms with E-state index in [1.165, 1.54) is 11.8 Å². The zero-order valence-electron chi connectivity index (χ0n) is 9.43. The highest BCUT2D eigenvalue weighted by atomic mass is 32.2. The van der Waals surface area contributed by atoms with Crippen molar-refractivity contribution in [2.24, 2.45) is 0 Å². The SMILES string of the molecule is N#C/C(SCCO)=C1/NC(=O)c2ccccc2N1. The molecule has 1 aliphatic rings. The molecule has 0 saturated carbocycles. The second-order valence-corrected chi connectivity index (χ2v) is 4.62. The van der Waals surface area contributed by atoms with E-state index in [4.69, 9.17) is 10.4 Å². The number of aliphatic hydroxyl groups excluding tert-OH is 1. The van der Waals surface area contributed by atoms with Crippen LogP contribution < -0.4 is 10.6 Å². The van der Waals surface area contributed by atoms with Gasteiger partial charge in [0.1, 0.15) is 16.8 Å². The number of nitrogens with one attached hydrogen (secondary N) is 2. The summed E-state index contributed by atoms with van der Waals surface area (Å²) >= 11 is 1.20. The van der Waals surface area contributed by atoms with Gasteiger partial charge in [-0.2, -0.15) is 5.26 Å². The quantitative estimate of drug-likeness (QED) is 0.713. The Kier molecular flexibility index (Phi) is 3.87. The maximum atomic E-state index is 11.8. The number of anilines is 1. The average molecular weight is 261 g/mol. The molecular formula is C12H11N3O2S. The van der Waals surface area contributed by atoms with Crippen molar-refractivity contribution in [2.45, 2.75) is 0 Å². The van der Waals surface area contributed by atoms with Gasteiger partial charge in [0.2, 0.25) is 0 Å². The molecule has 18 heavy (non-hydrogen) atoms. The third-order valence-electron chi connectivity index (χ3n) is 2.34. The number of para-hydroxylation sites is 1. The van der Waals surface area contributed by atoms with E-state index in [1.54, 1.807) is 18.2 Å². The molecule has 1 aromatic rings. The van der Waals surface area contributed by atoms with Crippen LogP contribution in [0.15, 0.2) is 35.0 Å². The van der Waals surface area contributed by atoms with E-state index in [1.807, 2.05) is 12.1 Å². The molecule has 0 unspecified atom stereocenters. The fraction of sp³-hybridized carbons (Fsp3) is 0.167. The van der Waals surface area contributed by atoms with Gasteiger partial charge in [-0.25, -0.2) is 0 Å². The van der Waals surface area contributed by atoms with E-state index in [2.05, 4.69) is 10.6 Å². The molecule has 0 radical (unpaired) electrons. The van der Waals surface area contributed by atoms with Crippen molar-refractivity contribution < 1.29 is 9.90 Å². The second-order valence-electron chi connectivity index (χ2n) is 3.51. The molecule has 92 valence electrons. The van der Waals surface area contributed by atoms with E-state index >= 15 is 0 Å². The molecule has 0 bridgehead atoms. The number of carbonyl (C=O) groups is 1. The maximum Gasteiger partial charge on any atom is 0.258 e. The number of fused-ring (bicyclic) bond motifs is 1. The van der Waals surface area contributed by atoms with Gasteiger partial charge in [0.05, 0.1) is 17.9 Å². The number of hydrogen-bond donors (Lipinski definition) is 3. The Morgan fingerprint density at radius 3 is 2.89 bits per heavy atom. The molecule has 1 heterocycles. The highest BCUT2D eigenvalue weighted by molar-refractivity contribution is 8.03. The van der Waals surface area contributed by atoms with Gasteiger partial charge in [-0.05, 0) is 12.1 Å². The summed E-state index contributed by atoms with van der Waals surface area (Å²) < 4.78 is 0. The zero-order valence-corrected chi connectivity index (χ0v) is 10.3. The van der Waals surface area contributed by atoms with Crippen LogP contribution in [0.5, 0.6) is 0 Å². The Labute approximate surface area is 108 Å². The number of nitrogens with zero attached hydrogens (tertiary/aromatic N) is 1. The summed E-state index contributed by atoms with van der Waals surface area (Å²) in [6, 6.07) is 9.09. The van der Waals surface area contributed by atoms with Gasteiger partial charge in [-0.3, -0.25) is 4.79 Å². The van der Waals surface area contributed by atoms with E-state index in [0.717, 1.165) is 0 Å². The summed E-state index contributed by atoms with van der Waals surface area (Å²) in [5, 5.41) is 23.4. The molecule has 0 atom stereocenters. The van der Waals surface area contributed by atoms with Crippen molar-refractivity contribution in [1.29, 1.82) is 5.26 Å². The highest BCUT2D eigenvalue weighted by Gasteiger charge is 2.21. The summed E-state index contributed by atoms with van der Waals surface area (Å²) in [6.45, 7) is -0.0202. The summed E-state index contributed by atoms with van der Waals surface area (Å²) in [6.07, 6.45) is 0. The van der Waals surface area contributed by atoms with Crippen molar-refractivity contribution in [3.8, 4) is 6.07 Å². The largest absolute Gasteiger partial charge is 0.396 e. The van der Waals surface area contributed by atoms with Crippen LogP contribution in [0.3, 0.4) is 0 Å². The van der Waals surface area contributed by atoms with Crippen LogP contribution >= 0.6 is 11.8 Å². The number of amides is 1. The lowest BCUT2D eigenvalue weighted by atomic mass is 10.1. The first-order valence-electron chi connectivity index (χ1n) is 5.31. The predicted molar refractivity (Wildman–Crippen MR) is 69.7 cm³/mol. The smallest absolute Gasteiger partial charge is 0.258 e. The number of thioether (sulfide) groups is 1. The molecule has 0 spiro atoms. The van der Waals surface area contributed by atoms with Gasteiger partial charge in [-0.15, -0.1) is 11.8 Å². The normalized spacial score (nSPS) is 16.1. The third kappa shape index (κ3) is 2.47. The van der Waals surface area contributed by atoms with Crippen molar-refractivity contribution in [3.63, 3.8) is 0 Å². The molecule has 0 saturated heterocycles. The zero-order chi connectivity index (χ0) is 13.0. The first-order valence-corrected chi connectivity index (χ1v) is 6.30. The molecule has 2 rings (SSSR count). The van der Waals surface area contributed by atoms with E-state index < -0.39 is 0 Å². The number of hydrogen-bond acceptors (Lipinski definition) is 5. The van der Waals surface area contributed by atoms with Crippen LogP contribution in [-0.4, -0.2) is 23.4 Å².